The number of aryl methyl sites for hydroxylation is 1. The maximum atomic E-state index is 5.38. The number of hydrogen-bond acceptors (Lipinski definition) is 6. The third-order valence-corrected chi connectivity index (χ3v) is 3.64. The number of anilines is 2. The number of pyridine rings is 2. The molecule has 0 aliphatic heterocycles. The quantitative estimate of drug-likeness (QED) is 0.603. The SMILES string of the molecule is Cc1cncc(-c2noc(-c3ccc(Nc4cccnc4)cc3)n2)c1. The van der Waals surface area contributed by atoms with Crippen LogP contribution in [0.1, 0.15) is 5.56 Å². The predicted molar refractivity (Wildman–Crippen MR) is 95.2 cm³/mol. The first-order chi connectivity index (χ1) is 12.3. The van der Waals surface area contributed by atoms with E-state index in [-0.39, 0.29) is 0 Å². The third kappa shape index (κ3) is 3.37. The first-order valence-corrected chi connectivity index (χ1v) is 7.81. The van der Waals surface area contributed by atoms with E-state index < -0.39 is 0 Å². The number of hydrogen-bond donors (Lipinski definition) is 1. The molecule has 4 rings (SSSR count). The fraction of sp³-hybridized carbons (Fsp3) is 0.0526. The molecule has 0 radical (unpaired) electrons. The van der Waals surface area contributed by atoms with Crippen LogP contribution in [0.15, 0.2) is 71.8 Å². The van der Waals surface area contributed by atoms with E-state index in [9.17, 15) is 0 Å². The van der Waals surface area contributed by atoms with E-state index in [0.29, 0.717) is 11.7 Å². The third-order valence-electron chi connectivity index (χ3n) is 3.64. The zero-order chi connectivity index (χ0) is 17.1. The van der Waals surface area contributed by atoms with Gasteiger partial charge < -0.3 is 9.84 Å². The lowest BCUT2D eigenvalue weighted by Crippen LogP contribution is -1.90. The van der Waals surface area contributed by atoms with Crippen molar-refractivity contribution in [2.24, 2.45) is 0 Å². The van der Waals surface area contributed by atoms with Crippen molar-refractivity contribution < 1.29 is 4.52 Å². The maximum absolute atomic E-state index is 5.38. The van der Waals surface area contributed by atoms with Gasteiger partial charge in [0.25, 0.3) is 5.89 Å². The van der Waals surface area contributed by atoms with Crippen molar-refractivity contribution in [3.05, 3.63) is 72.8 Å². The van der Waals surface area contributed by atoms with Gasteiger partial charge in [-0.15, -0.1) is 0 Å². The molecule has 122 valence electrons. The molecule has 4 aromatic rings. The summed E-state index contributed by atoms with van der Waals surface area (Å²) in [7, 11) is 0. The van der Waals surface area contributed by atoms with Gasteiger partial charge in [-0.05, 0) is 55.0 Å². The Labute approximate surface area is 144 Å². The number of rotatable bonds is 4. The summed E-state index contributed by atoms with van der Waals surface area (Å²) >= 11 is 0. The Morgan fingerprint density at radius 2 is 1.76 bits per heavy atom. The second kappa shape index (κ2) is 6.52. The molecule has 0 fully saturated rings. The van der Waals surface area contributed by atoms with Crippen LogP contribution in [-0.2, 0) is 0 Å². The van der Waals surface area contributed by atoms with Crippen LogP contribution in [0.25, 0.3) is 22.8 Å². The van der Waals surface area contributed by atoms with Gasteiger partial charge >= 0.3 is 0 Å². The monoisotopic (exact) mass is 329 g/mol. The highest BCUT2D eigenvalue weighted by Crippen LogP contribution is 2.24. The highest BCUT2D eigenvalue weighted by Gasteiger charge is 2.11. The van der Waals surface area contributed by atoms with Gasteiger partial charge in [0, 0.05) is 35.4 Å². The summed E-state index contributed by atoms with van der Waals surface area (Å²) < 4.78 is 5.38. The number of benzene rings is 1. The summed E-state index contributed by atoms with van der Waals surface area (Å²) in [6, 6.07) is 13.6. The molecule has 6 heteroatoms. The minimum Gasteiger partial charge on any atom is -0.354 e. The second-order valence-corrected chi connectivity index (χ2v) is 5.62. The molecule has 0 amide bonds. The van der Waals surface area contributed by atoms with Crippen LogP contribution in [0.3, 0.4) is 0 Å². The predicted octanol–water partition coefficient (Wildman–Crippen LogP) is 4.25. The van der Waals surface area contributed by atoms with Crippen LogP contribution in [0, 0.1) is 6.92 Å². The average Bonchev–Trinajstić information content (AvgIpc) is 3.13. The van der Waals surface area contributed by atoms with Crippen LogP contribution in [0.4, 0.5) is 11.4 Å². The first kappa shape index (κ1) is 15.0. The van der Waals surface area contributed by atoms with E-state index in [0.717, 1.165) is 28.1 Å². The molecule has 0 aliphatic carbocycles. The number of nitrogens with one attached hydrogen (secondary N) is 1. The molecule has 3 heterocycles. The van der Waals surface area contributed by atoms with Crippen LogP contribution < -0.4 is 5.32 Å². The smallest absolute Gasteiger partial charge is 0.258 e. The fourth-order valence-electron chi connectivity index (χ4n) is 2.43. The Morgan fingerprint density at radius 3 is 2.52 bits per heavy atom. The Bertz CT molecular complexity index is 980. The summed E-state index contributed by atoms with van der Waals surface area (Å²) in [5, 5.41) is 7.33. The largest absolute Gasteiger partial charge is 0.354 e. The molecule has 3 aromatic heterocycles. The molecule has 0 aliphatic rings. The van der Waals surface area contributed by atoms with Gasteiger partial charge in [-0.3, -0.25) is 9.97 Å². The summed E-state index contributed by atoms with van der Waals surface area (Å²) in [6.07, 6.45) is 7.03. The van der Waals surface area contributed by atoms with Crippen molar-refractivity contribution in [3.63, 3.8) is 0 Å². The summed E-state index contributed by atoms with van der Waals surface area (Å²) in [6.45, 7) is 1.98. The maximum Gasteiger partial charge on any atom is 0.258 e. The van der Waals surface area contributed by atoms with Crippen LogP contribution in [0.2, 0.25) is 0 Å². The van der Waals surface area contributed by atoms with Crippen LogP contribution in [0.5, 0.6) is 0 Å². The minimum atomic E-state index is 0.476. The summed E-state index contributed by atoms with van der Waals surface area (Å²) in [4.78, 5) is 12.7. The van der Waals surface area contributed by atoms with Gasteiger partial charge in [0.05, 0.1) is 11.9 Å². The zero-order valence-corrected chi connectivity index (χ0v) is 13.5. The van der Waals surface area contributed by atoms with Gasteiger partial charge in [0.2, 0.25) is 5.82 Å². The van der Waals surface area contributed by atoms with Gasteiger partial charge in [-0.1, -0.05) is 5.16 Å². The topological polar surface area (TPSA) is 76.7 Å². The molecule has 1 aromatic carbocycles. The summed E-state index contributed by atoms with van der Waals surface area (Å²) in [5.41, 5.74) is 4.64. The molecule has 0 atom stereocenters. The molecule has 6 nitrogen and oxygen atoms in total. The van der Waals surface area contributed by atoms with E-state index >= 15 is 0 Å². The molecular formula is C19H15N5O. The molecule has 0 bridgehead atoms. The molecule has 25 heavy (non-hydrogen) atoms. The van der Waals surface area contributed by atoms with Gasteiger partial charge in [-0.25, -0.2) is 0 Å². The molecule has 1 N–H and O–H groups in total. The lowest BCUT2D eigenvalue weighted by Gasteiger charge is -2.05. The minimum absolute atomic E-state index is 0.476. The van der Waals surface area contributed by atoms with Crippen LogP contribution in [-0.4, -0.2) is 20.1 Å². The molecule has 0 spiro atoms. The van der Waals surface area contributed by atoms with Crippen molar-refractivity contribution in [2.75, 3.05) is 5.32 Å². The van der Waals surface area contributed by atoms with E-state index in [4.69, 9.17) is 4.52 Å². The van der Waals surface area contributed by atoms with Crippen molar-refractivity contribution >= 4 is 11.4 Å². The van der Waals surface area contributed by atoms with Crippen LogP contribution >= 0.6 is 0 Å². The van der Waals surface area contributed by atoms with E-state index in [2.05, 4.69) is 25.4 Å². The van der Waals surface area contributed by atoms with E-state index in [1.54, 1.807) is 24.8 Å². The highest BCUT2D eigenvalue weighted by atomic mass is 16.5. The van der Waals surface area contributed by atoms with Crippen molar-refractivity contribution in [2.45, 2.75) is 6.92 Å². The van der Waals surface area contributed by atoms with E-state index in [1.165, 1.54) is 0 Å². The fourth-order valence-corrected chi connectivity index (χ4v) is 2.43. The molecule has 0 saturated carbocycles. The van der Waals surface area contributed by atoms with Gasteiger partial charge in [0.1, 0.15) is 0 Å². The highest BCUT2D eigenvalue weighted by molar-refractivity contribution is 5.65. The number of aromatic nitrogens is 4. The summed E-state index contributed by atoms with van der Waals surface area (Å²) in [5.74, 6) is 1.01. The average molecular weight is 329 g/mol. The molecule has 0 unspecified atom stereocenters. The Hall–Kier alpha value is -3.54. The second-order valence-electron chi connectivity index (χ2n) is 5.62. The van der Waals surface area contributed by atoms with Gasteiger partial charge in [0.15, 0.2) is 0 Å². The van der Waals surface area contributed by atoms with E-state index in [1.807, 2.05) is 49.4 Å². The number of nitrogens with zero attached hydrogens (tertiary/aromatic N) is 4. The van der Waals surface area contributed by atoms with Crippen molar-refractivity contribution in [3.8, 4) is 22.8 Å². The van der Waals surface area contributed by atoms with Gasteiger partial charge in [-0.2, -0.15) is 4.98 Å². The van der Waals surface area contributed by atoms with Crippen molar-refractivity contribution in [1.82, 2.24) is 20.1 Å². The normalized spacial score (nSPS) is 10.6. The Balaban J connectivity index is 1.55. The lowest BCUT2D eigenvalue weighted by molar-refractivity contribution is 0.432. The Morgan fingerprint density at radius 1 is 0.880 bits per heavy atom. The van der Waals surface area contributed by atoms with Crippen molar-refractivity contribution in [1.29, 1.82) is 0 Å². The Kier molecular flexibility index (Phi) is 3.92. The zero-order valence-electron chi connectivity index (χ0n) is 13.5. The molecular weight excluding hydrogens is 314 g/mol. The molecule has 0 saturated heterocycles. The lowest BCUT2D eigenvalue weighted by atomic mass is 10.2. The first-order valence-electron chi connectivity index (χ1n) is 7.81. The standard InChI is InChI=1S/C19H15N5O/c1-13-9-15(11-21-10-13)18-23-19(25-24-18)14-4-6-16(7-5-14)22-17-3-2-8-20-12-17/h2-12,22H,1H3.